The predicted octanol–water partition coefficient (Wildman–Crippen LogP) is 3.08. The molecule has 3 nitrogen and oxygen atoms in total. The normalized spacial score (nSPS) is 21.4. The molecule has 0 aliphatic carbocycles. The standard InChI is InChI=1S/C16H14Cl2N2O/c17-11-4-1-9(2-5-11)14-13-7-12(18)6-3-10(13)8-20-16(21)15(14)19/h1-7,14-15H,8,19H2,(H,20,21). The summed E-state index contributed by atoms with van der Waals surface area (Å²) < 4.78 is 0. The van der Waals surface area contributed by atoms with E-state index in [1.807, 2.05) is 30.3 Å². The third kappa shape index (κ3) is 2.77. The van der Waals surface area contributed by atoms with Crippen LogP contribution in [0.1, 0.15) is 22.6 Å². The van der Waals surface area contributed by atoms with Gasteiger partial charge in [0.1, 0.15) is 0 Å². The van der Waals surface area contributed by atoms with Crippen molar-refractivity contribution in [1.29, 1.82) is 0 Å². The van der Waals surface area contributed by atoms with Gasteiger partial charge in [0.15, 0.2) is 0 Å². The van der Waals surface area contributed by atoms with Crippen molar-refractivity contribution in [3.8, 4) is 0 Å². The first-order chi connectivity index (χ1) is 10.1. The van der Waals surface area contributed by atoms with Crippen LogP contribution in [0.3, 0.4) is 0 Å². The van der Waals surface area contributed by atoms with E-state index in [1.54, 1.807) is 12.1 Å². The van der Waals surface area contributed by atoms with Gasteiger partial charge >= 0.3 is 0 Å². The summed E-state index contributed by atoms with van der Waals surface area (Å²) in [6, 6.07) is 12.4. The van der Waals surface area contributed by atoms with Gasteiger partial charge in [-0.1, -0.05) is 41.4 Å². The van der Waals surface area contributed by atoms with E-state index >= 15 is 0 Å². The summed E-state index contributed by atoms with van der Waals surface area (Å²) in [4.78, 5) is 12.1. The maximum Gasteiger partial charge on any atom is 0.238 e. The van der Waals surface area contributed by atoms with Crippen molar-refractivity contribution in [2.75, 3.05) is 0 Å². The summed E-state index contributed by atoms with van der Waals surface area (Å²) in [5.74, 6) is -0.402. The lowest BCUT2D eigenvalue weighted by molar-refractivity contribution is -0.122. The zero-order chi connectivity index (χ0) is 15.0. The van der Waals surface area contributed by atoms with E-state index < -0.39 is 6.04 Å². The summed E-state index contributed by atoms with van der Waals surface area (Å²) in [6.07, 6.45) is 0. The van der Waals surface area contributed by atoms with Crippen LogP contribution in [0.2, 0.25) is 10.0 Å². The average molecular weight is 321 g/mol. The van der Waals surface area contributed by atoms with Crippen LogP contribution >= 0.6 is 23.2 Å². The lowest BCUT2D eigenvalue weighted by Crippen LogP contribution is -2.42. The Bertz CT molecular complexity index is 685. The fourth-order valence-electron chi connectivity index (χ4n) is 2.72. The zero-order valence-corrected chi connectivity index (χ0v) is 12.7. The number of fused-ring (bicyclic) bond motifs is 1. The van der Waals surface area contributed by atoms with Crippen LogP contribution in [0.15, 0.2) is 42.5 Å². The fraction of sp³-hybridized carbons (Fsp3) is 0.188. The van der Waals surface area contributed by atoms with Crippen LogP contribution in [0.25, 0.3) is 0 Å². The van der Waals surface area contributed by atoms with E-state index in [1.165, 1.54) is 0 Å². The summed E-state index contributed by atoms with van der Waals surface area (Å²) in [5.41, 5.74) is 9.13. The summed E-state index contributed by atoms with van der Waals surface area (Å²) >= 11 is 12.1. The van der Waals surface area contributed by atoms with E-state index in [2.05, 4.69) is 5.32 Å². The molecular formula is C16H14Cl2N2O. The smallest absolute Gasteiger partial charge is 0.238 e. The minimum atomic E-state index is -0.661. The zero-order valence-electron chi connectivity index (χ0n) is 11.1. The lowest BCUT2D eigenvalue weighted by atomic mass is 9.84. The maximum absolute atomic E-state index is 12.1. The molecule has 0 radical (unpaired) electrons. The first-order valence-corrected chi connectivity index (χ1v) is 7.39. The molecule has 1 aliphatic heterocycles. The van der Waals surface area contributed by atoms with Gasteiger partial charge in [0.25, 0.3) is 0 Å². The molecule has 1 aliphatic rings. The van der Waals surface area contributed by atoms with Crippen molar-refractivity contribution in [3.05, 3.63) is 69.2 Å². The highest BCUT2D eigenvalue weighted by Crippen LogP contribution is 2.34. The van der Waals surface area contributed by atoms with Crippen molar-refractivity contribution >= 4 is 29.1 Å². The SMILES string of the molecule is NC1C(=O)NCc2ccc(Cl)cc2C1c1ccc(Cl)cc1. The van der Waals surface area contributed by atoms with Crippen molar-refractivity contribution in [2.24, 2.45) is 5.73 Å². The highest BCUT2D eigenvalue weighted by Gasteiger charge is 2.32. The molecule has 1 heterocycles. The molecule has 0 saturated heterocycles. The van der Waals surface area contributed by atoms with Gasteiger partial charge in [-0.25, -0.2) is 0 Å². The minimum absolute atomic E-state index is 0.165. The Morgan fingerprint density at radius 2 is 1.71 bits per heavy atom. The van der Waals surface area contributed by atoms with Gasteiger partial charge in [0.2, 0.25) is 5.91 Å². The van der Waals surface area contributed by atoms with Crippen LogP contribution in [-0.4, -0.2) is 11.9 Å². The number of benzene rings is 2. The fourth-order valence-corrected chi connectivity index (χ4v) is 3.02. The second-order valence-electron chi connectivity index (χ2n) is 5.12. The predicted molar refractivity (Wildman–Crippen MR) is 84.6 cm³/mol. The van der Waals surface area contributed by atoms with Gasteiger partial charge in [-0.15, -0.1) is 0 Å². The first-order valence-electron chi connectivity index (χ1n) is 6.63. The molecule has 5 heteroatoms. The topological polar surface area (TPSA) is 55.1 Å². The Kier molecular flexibility index (Phi) is 3.89. The Morgan fingerprint density at radius 1 is 1.05 bits per heavy atom. The molecule has 3 N–H and O–H groups in total. The number of nitrogens with one attached hydrogen (secondary N) is 1. The van der Waals surface area contributed by atoms with E-state index in [9.17, 15) is 4.79 Å². The molecule has 1 amide bonds. The van der Waals surface area contributed by atoms with E-state index in [0.29, 0.717) is 16.6 Å². The second kappa shape index (κ2) is 5.68. The van der Waals surface area contributed by atoms with E-state index in [0.717, 1.165) is 16.7 Å². The van der Waals surface area contributed by atoms with Crippen LogP contribution < -0.4 is 11.1 Å². The van der Waals surface area contributed by atoms with Crippen LogP contribution in [0, 0.1) is 0 Å². The number of hydrogen-bond donors (Lipinski definition) is 2. The second-order valence-corrected chi connectivity index (χ2v) is 5.99. The van der Waals surface area contributed by atoms with Gasteiger partial charge in [-0.05, 0) is 41.0 Å². The molecule has 0 spiro atoms. The van der Waals surface area contributed by atoms with Crippen LogP contribution in [-0.2, 0) is 11.3 Å². The number of hydrogen-bond acceptors (Lipinski definition) is 2. The first kappa shape index (κ1) is 14.4. The molecule has 2 aromatic carbocycles. The number of nitrogens with two attached hydrogens (primary N) is 1. The van der Waals surface area contributed by atoms with Crippen LogP contribution in [0.4, 0.5) is 0 Å². The summed E-state index contributed by atoms with van der Waals surface area (Å²) in [6.45, 7) is 0.461. The summed E-state index contributed by atoms with van der Waals surface area (Å²) in [5, 5.41) is 4.13. The molecule has 0 bridgehead atoms. The van der Waals surface area contributed by atoms with Crippen molar-refractivity contribution < 1.29 is 4.79 Å². The number of halogens is 2. The monoisotopic (exact) mass is 320 g/mol. The quantitative estimate of drug-likeness (QED) is 0.848. The molecule has 3 rings (SSSR count). The average Bonchev–Trinajstić information content (AvgIpc) is 2.59. The number of carbonyl (C=O) groups excluding carboxylic acids is 1. The highest BCUT2D eigenvalue weighted by atomic mass is 35.5. The minimum Gasteiger partial charge on any atom is -0.351 e. The largest absolute Gasteiger partial charge is 0.351 e. The molecule has 0 saturated carbocycles. The highest BCUT2D eigenvalue weighted by molar-refractivity contribution is 6.31. The number of amides is 1. The van der Waals surface area contributed by atoms with Gasteiger partial charge in [-0.3, -0.25) is 4.79 Å². The van der Waals surface area contributed by atoms with E-state index in [-0.39, 0.29) is 11.8 Å². The number of rotatable bonds is 1. The van der Waals surface area contributed by atoms with Crippen molar-refractivity contribution in [3.63, 3.8) is 0 Å². The Labute approximate surface area is 133 Å². The molecule has 2 unspecified atom stereocenters. The van der Waals surface area contributed by atoms with Gasteiger partial charge < -0.3 is 11.1 Å². The maximum atomic E-state index is 12.1. The van der Waals surface area contributed by atoms with Gasteiger partial charge in [0, 0.05) is 22.5 Å². The van der Waals surface area contributed by atoms with Crippen molar-refractivity contribution in [1.82, 2.24) is 5.32 Å². The number of carbonyl (C=O) groups is 1. The molecule has 0 aromatic heterocycles. The molecule has 21 heavy (non-hydrogen) atoms. The Morgan fingerprint density at radius 3 is 2.43 bits per heavy atom. The molecule has 108 valence electrons. The summed E-state index contributed by atoms with van der Waals surface area (Å²) in [7, 11) is 0. The molecular weight excluding hydrogens is 307 g/mol. The molecule has 2 aromatic rings. The van der Waals surface area contributed by atoms with Crippen molar-refractivity contribution in [2.45, 2.75) is 18.5 Å². The Hall–Kier alpha value is -1.55. The molecule has 0 fully saturated rings. The van der Waals surface area contributed by atoms with Crippen LogP contribution in [0.5, 0.6) is 0 Å². The van der Waals surface area contributed by atoms with E-state index in [4.69, 9.17) is 28.9 Å². The third-order valence-electron chi connectivity index (χ3n) is 3.79. The molecule has 2 atom stereocenters. The Balaban J connectivity index is 2.16. The van der Waals surface area contributed by atoms with Gasteiger partial charge in [-0.2, -0.15) is 0 Å². The third-order valence-corrected chi connectivity index (χ3v) is 4.27. The van der Waals surface area contributed by atoms with Gasteiger partial charge in [0.05, 0.1) is 6.04 Å². The lowest BCUT2D eigenvalue weighted by Gasteiger charge is -2.22.